The van der Waals surface area contributed by atoms with Crippen molar-refractivity contribution in [1.82, 2.24) is 0 Å². The molecule has 3 N–H and O–H groups in total. The van der Waals surface area contributed by atoms with Crippen LogP contribution in [0.5, 0.6) is 0 Å². The fraction of sp³-hybridized carbons (Fsp3) is 0.188. The minimum absolute atomic E-state index is 0.0800. The van der Waals surface area contributed by atoms with Crippen LogP contribution in [0, 0.1) is 0 Å². The number of hydrogen-bond donors (Lipinski definition) is 2. The van der Waals surface area contributed by atoms with Gasteiger partial charge < -0.3 is 11.1 Å². The second kappa shape index (κ2) is 7.38. The molecule has 2 aromatic carbocycles. The third kappa shape index (κ3) is 4.41. The van der Waals surface area contributed by atoms with Crippen molar-refractivity contribution >= 4 is 40.6 Å². The first-order valence-electron chi connectivity index (χ1n) is 6.65. The molecule has 0 aliphatic heterocycles. The van der Waals surface area contributed by atoms with Crippen LogP contribution in [0.3, 0.4) is 0 Å². The van der Waals surface area contributed by atoms with Gasteiger partial charge in [0, 0.05) is 16.3 Å². The Morgan fingerprint density at radius 2 is 1.95 bits per heavy atom. The van der Waals surface area contributed by atoms with Crippen LogP contribution in [-0.2, 0) is 11.2 Å². The molecule has 0 aliphatic rings. The van der Waals surface area contributed by atoms with Crippen molar-refractivity contribution in [1.29, 1.82) is 0 Å². The predicted octanol–water partition coefficient (Wildman–Crippen LogP) is 4.22. The molecule has 0 atom stereocenters. The third-order valence-electron chi connectivity index (χ3n) is 2.99. The highest BCUT2D eigenvalue weighted by atomic mass is 35.5. The van der Waals surface area contributed by atoms with Gasteiger partial charge in [-0.3, -0.25) is 4.79 Å². The lowest BCUT2D eigenvalue weighted by Gasteiger charge is -2.08. The number of nitrogen functional groups attached to an aromatic ring is 1. The van der Waals surface area contributed by atoms with Gasteiger partial charge in [0.2, 0.25) is 5.91 Å². The van der Waals surface area contributed by atoms with Gasteiger partial charge in [-0.05, 0) is 36.2 Å². The minimum Gasteiger partial charge on any atom is -0.398 e. The number of nitrogens with two attached hydrogens (primary N) is 1. The van der Waals surface area contributed by atoms with Crippen LogP contribution in [0.4, 0.5) is 11.4 Å². The maximum absolute atomic E-state index is 11.9. The van der Waals surface area contributed by atoms with E-state index in [1.165, 1.54) is 17.3 Å². The number of hydrogen-bond acceptors (Lipinski definition) is 3. The molecule has 0 saturated heterocycles. The van der Waals surface area contributed by atoms with Gasteiger partial charge in [0.15, 0.2) is 0 Å². The molecule has 110 valence electrons. The Hall–Kier alpha value is -1.65. The fourth-order valence-electron chi connectivity index (χ4n) is 1.84. The number of benzene rings is 2. The van der Waals surface area contributed by atoms with Gasteiger partial charge in [0.1, 0.15) is 0 Å². The summed E-state index contributed by atoms with van der Waals surface area (Å²) in [5, 5.41) is 3.43. The van der Waals surface area contributed by atoms with Gasteiger partial charge >= 0.3 is 0 Å². The van der Waals surface area contributed by atoms with Crippen LogP contribution < -0.4 is 11.1 Å². The summed E-state index contributed by atoms with van der Waals surface area (Å²) < 4.78 is 0. The molecule has 21 heavy (non-hydrogen) atoms. The van der Waals surface area contributed by atoms with E-state index in [9.17, 15) is 4.79 Å². The zero-order valence-corrected chi connectivity index (χ0v) is 13.3. The molecular formula is C16H17ClN2OS. The van der Waals surface area contributed by atoms with E-state index >= 15 is 0 Å². The first-order valence-corrected chi connectivity index (χ1v) is 8.02. The molecule has 0 spiro atoms. The van der Waals surface area contributed by atoms with Crippen molar-refractivity contribution < 1.29 is 4.79 Å². The predicted molar refractivity (Wildman–Crippen MR) is 91.0 cm³/mol. The monoisotopic (exact) mass is 320 g/mol. The van der Waals surface area contributed by atoms with Crippen molar-refractivity contribution in [3.8, 4) is 0 Å². The summed E-state index contributed by atoms with van der Waals surface area (Å²) in [6.45, 7) is 2.10. The van der Waals surface area contributed by atoms with E-state index in [0.717, 1.165) is 17.0 Å². The van der Waals surface area contributed by atoms with Gasteiger partial charge in [-0.1, -0.05) is 36.7 Å². The molecule has 0 unspecified atom stereocenters. The Labute approximate surface area is 133 Å². The quantitative estimate of drug-likeness (QED) is 0.640. The molecule has 0 heterocycles. The number of anilines is 2. The topological polar surface area (TPSA) is 55.1 Å². The van der Waals surface area contributed by atoms with E-state index < -0.39 is 0 Å². The minimum atomic E-state index is -0.0800. The molecule has 2 aromatic rings. The summed E-state index contributed by atoms with van der Waals surface area (Å²) in [5.41, 5.74) is 8.48. The van der Waals surface area contributed by atoms with E-state index in [1.807, 2.05) is 24.3 Å². The van der Waals surface area contributed by atoms with Crippen LogP contribution >= 0.6 is 23.4 Å². The Bertz CT molecular complexity index is 608. The highest BCUT2D eigenvalue weighted by Gasteiger charge is 2.09. The second-order valence-corrected chi connectivity index (χ2v) is 5.94. The summed E-state index contributed by atoms with van der Waals surface area (Å²) in [7, 11) is 0. The van der Waals surface area contributed by atoms with Crippen molar-refractivity contribution in [3.63, 3.8) is 0 Å². The lowest BCUT2D eigenvalue weighted by atomic mass is 10.1. The van der Waals surface area contributed by atoms with Gasteiger partial charge in [-0.2, -0.15) is 0 Å². The lowest BCUT2D eigenvalue weighted by molar-refractivity contribution is -0.113. The summed E-state index contributed by atoms with van der Waals surface area (Å²) in [4.78, 5) is 12.7. The van der Waals surface area contributed by atoms with E-state index in [2.05, 4.69) is 12.2 Å². The number of carbonyl (C=O) groups excluding carboxylic acids is 1. The zero-order valence-electron chi connectivity index (χ0n) is 11.7. The van der Waals surface area contributed by atoms with Crippen molar-refractivity contribution in [2.75, 3.05) is 16.8 Å². The Balaban J connectivity index is 1.92. The largest absolute Gasteiger partial charge is 0.398 e. The van der Waals surface area contributed by atoms with E-state index in [0.29, 0.717) is 10.7 Å². The number of aryl methyl sites for hydroxylation is 1. The van der Waals surface area contributed by atoms with Crippen LogP contribution in [0.25, 0.3) is 0 Å². The van der Waals surface area contributed by atoms with Gasteiger partial charge in [0.25, 0.3) is 0 Å². The first kappa shape index (κ1) is 15.7. The molecule has 5 heteroatoms. The van der Waals surface area contributed by atoms with Gasteiger partial charge in [-0.25, -0.2) is 0 Å². The van der Waals surface area contributed by atoms with E-state index in [4.69, 9.17) is 17.3 Å². The average molecular weight is 321 g/mol. The maximum Gasteiger partial charge on any atom is 0.234 e. The molecule has 0 aromatic heterocycles. The molecule has 0 radical (unpaired) electrons. The van der Waals surface area contributed by atoms with E-state index in [1.54, 1.807) is 18.2 Å². The summed E-state index contributed by atoms with van der Waals surface area (Å²) in [5.74, 6) is 0.187. The SMILES string of the molecule is CCc1ccc(NC(=O)CSc2c(N)cccc2Cl)cc1. The van der Waals surface area contributed by atoms with Gasteiger partial charge in [-0.15, -0.1) is 11.8 Å². The molecule has 3 nitrogen and oxygen atoms in total. The van der Waals surface area contributed by atoms with Crippen LogP contribution in [0.15, 0.2) is 47.4 Å². The third-order valence-corrected chi connectivity index (χ3v) is 4.57. The van der Waals surface area contributed by atoms with Crippen LogP contribution in [0.2, 0.25) is 5.02 Å². The Morgan fingerprint density at radius 1 is 1.24 bits per heavy atom. The highest BCUT2D eigenvalue weighted by molar-refractivity contribution is 8.00. The summed E-state index contributed by atoms with van der Waals surface area (Å²) in [6, 6.07) is 13.2. The van der Waals surface area contributed by atoms with Gasteiger partial charge in [0.05, 0.1) is 10.8 Å². The molecule has 0 aliphatic carbocycles. The molecule has 0 fully saturated rings. The van der Waals surface area contributed by atoms with Crippen LogP contribution in [0.1, 0.15) is 12.5 Å². The maximum atomic E-state index is 11.9. The highest BCUT2D eigenvalue weighted by Crippen LogP contribution is 2.32. The Kier molecular flexibility index (Phi) is 5.53. The smallest absolute Gasteiger partial charge is 0.234 e. The molecule has 2 rings (SSSR count). The number of thioether (sulfide) groups is 1. The van der Waals surface area contributed by atoms with Crippen molar-refractivity contribution in [3.05, 3.63) is 53.1 Å². The first-order chi connectivity index (χ1) is 10.1. The van der Waals surface area contributed by atoms with Crippen molar-refractivity contribution in [2.24, 2.45) is 0 Å². The summed E-state index contributed by atoms with van der Waals surface area (Å²) in [6.07, 6.45) is 0.982. The van der Waals surface area contributed by atoms with Crippen LogP contribution in [-0.4, -0.2) is 11.7 Å². The summed E-state index contributed by atoms with van der Waals surface area (Å²) >= 11 is 7.41. The molecule has 0 bridgehead atoms. The molecule has 0 saturated carbocycles. The standard InChI is InChI=1S/C16H17ClN2OS/c1-2-11-6-8-12(9-7-11)19-15(20)10-21-16-13(17)4-3-5-14(16)18/h3-9H,2,10,18H2,1H3,(H,19,20). The Morgan fingerprint density at radius 3 is 2.57 bits per heavy atom. The average Bonchev–Trinajstić information content (AvgIpc) is 2.47. The molecule has 1 amide bonds. The second-order valence-electron chi connectivity index (χ2n) is 4.55. The lowest BCUT2D eigenvalue weighted by Crippen LogP contribution is -2.14. The zero-order chi connectivity index (χ0) is 15.2. The number of halogens is 1. The number of rotatable bonds is 5. The van der Waals surface area contributed by atoms with E-state index in [-0.39, 0.29) is 11.7 Å². The number of nitrogens with one attached hydrogen (secondary N) is 1. The number of carbonyl (C=O) groups is 1. The normalized spacial score (nSPS) is 10.4. The molecular weight excluding hydrogens is 304 g/mol. The van der Waals surface area contributed by atoms with Crippen molar-refractivity contribution in [2.45, 2.75) is 18.2 Å². The fourth-order valence-corrected chi connectivity index (χ4v) is 2.97. The number of amides is 1.